The maximum atomic E-state index is 12.0. The van der Waals surface area contributed by atoms with Gasteiger partial charge in [-0.15, -0.1) is 0 Å². The van der Waals surface area contributed by atoms with Gasteiger partial charge in [0.25, 0.3) is 0 Å². The molecule has 0 radical (unpaired) electrons. The number of hydrogen-bond donors (Lipinski definition) is 4. The largest absolute Gasteiger partial charge is 0.458 e. The first-order valence-electron chi connectivity index (χ1n) is 11.2. The van der Waals surface area contributed by atoms with Crippen LogP contribution >= 0.6 is 0 Å². The molecule has 0 saturated heterocycles. The van der Waals surface area contributed by atoms with Crippen molar-refractivity contribution in [2.75, 3.05) is 0 Å². The van der Waals surface area contributed by atoms with Gasteiger partial charge in [-0.2, -0.15) is 0 Å². The summed E-state index contributed by atoms with van der Waals surface area (Å²) in [6, 6.07) is 0. The third-order valence-electron chi connectivity index (χ3n) is 7.87. The van der Waals surface area contributed by atoms with Crippen molar-refractivity contribution in [3.63, 3.8) is 0 Å². The molecule has 8 atom stereocenters. The van der Waals surface area contributed by atoms with Gasteiger partial charge < -0.3 is 29.9 Å². The first-order chi connectivity index (χ1) is 14.7. The number of carbonyl (C=O) groups excluding carboxylic acids is 2. The maximum absolute atomic E-state index is 12.0. The lowest BCUT2D eigenvalue weighted by Crippen LogP contribution is -2.57. The summed E-state index contributed by atoms with van der Waals surface area (Å²) in [5, 5.41) is 44.2. The number of esters is 2. The van der Waals surface area contributed by atoms with Crippen LogP contribution in [0, 0.1) is 16.7 Å². The van der Waals surface area contributed by atoms with E-state index in [1.165, 1.54) is 13.8 Å². The molecular weight excluding hydrogens is 416 g/mol. The molecule has 32 heavy (non-hydrogen) atoms. The van der Waals surface area contributed by atoms with Gasteiger partial charge in [0.1, 0.15) is 18.3 Å². The summed E-state index contributed by atoms with van der Waals surface area (Å²) in [6.45, 7) is 9.87. The second kappa shape index (κ2) is 8.56. The zero-order valence-corrected chi connectivity index (χ0v) is 19.7. The molecule has 3 aliphatic carbocycles. The Labute approximate surface area is 188 Å². The molecule has 0 spiro atoms. The highest BCUT2D eigenvalue weighted by Gasteiger charge is 2.55. The van der Waals surface area contributed by atoms with Gasteiger partial charge in [-0.05, 0) is 48.0 Å². The van der Waals surface area contributed by atoms with Gasteiger partial charge in [0, 0.05) is 31.6 Å². The smallest absolute Gasteiger partial charge is 0.303 e. The highest BCUT2D eigenvalue weighted by atomic mass is 16.5. The minimum atomic E-state index is -1.35. The summed E-state index contributed by atoms with van der Waals surface area (Å²) < 4.78 is 11.2. The molecule has 0 aromatic rings. The van der Waals surface area contributed by atoms with Crippen LogP contribution in [0.1, 0.15) is 60.8 Å². The SMILES string of the molecule is CC(=O)O[C@H]1C[C@H]2[C@@H](OC(C)=O)/C=C3\C[C@](C)([C@H](O)[C@H](O)C(=C1C)C2(C)C)[C@@H](O)C[C@@H]3O. The Hall–Kier alpha value is -1.74. The van der Waals surface area contributed by atoms with E-state index in [9.17, 15) is 30.0 Å². The van der Waals surface area contributed by atoms with E-state index in [1.807, 2.05) is 13.8 Å². The van der Waals surface area contributed by atoms with Crippen LogP contribution in [0.2, 0.25) is 0 Å². The van der Waals surface area contributed by atoms with Crippen molar-refractivity contribution in [1.82, 2.24) is 0 Å². The van der Waals surface area contributed by atoms with Crippen molar-refractivity contribution >= 4 is 11.9 Å². The molecule has 4 N–H and O–H groups in total. The molecule has 3 rings (SSSR count). The highest BCUT2D eigenvalue weighted by molar-refractivity contribution is 5.67. The van der Waals surface area contributed by atoms with E-state index in [0.717, 1.165) is 0 Å². The molecule has 0 aliphatic heterocycles. The van der Waals surface area contributed by atoms with E-state index in [0.29, 0.717) is 23.1 Å². The fourth-order valence-corrected chi connectivity index (χ4v) is 6.01. The molecule has 4 bridgehead atoms. The van der Waals surface area contributed by atoms with E-state index in [4.69, 9.17) is 9.47 Å². The van der Waals surface area contributed by atoms with Crippen molar-refractivity contribution in [2.24, 2.45) is 16.7 Å². The van der Waals surface area contributed by atoms with Crippen LogP contribution in [0.4, 0.5) is 0 Å². The Morgan fingerprint density at radius 2 is 1.59 bits per heavy atom. The zero-order valence-electron chi connectivity index (χ0n) is 19.7. The van der Waals surface area contributed by atoms with Crippen molar-refractivity contribution in [2.45, 2.75) is 97.4 Å². The Morgan fingerprint density at radius 1 is 1.00 bits per heavy atom. The van der Waals surface area contributed by atoms with Gasteiger partial charge in [-0.25, -0.2) is 0 Å². The minimum Gasteiger partial charge on any atom is -0.458 e. The Balaban J connectivity index is 2.28. The third-order valence-corrected chi connectivity index (χ3v) is 7.87. The van der Waals surface area contributed by atoms with Crippen LogP contribution < -0.4 is 0 Å². The van der Waals surface area contributed by atoms with Gasteiger partial charge in [0.2, 0.25) is 0 Å². The van der Waals surface area contributed by atoms with E-state index in [2.05, 4.69) is 0 Å². The topological polar surface area (TPSA) is 134 Å². The summed E-state index contributed by atoms with van der Waals surface area (Å²) in [6.07, 6.45) is -3.92. The first-order valence-corrected chi connectivity index (χ1v) is 11.2. The number of hydrogen-bond acceptors (Lipinski definition) is 8. The Bertz CT molecular complexity index is 843. The summed E-state index contributed by atoms with van der Waals surface area (Å²) in [5.41, 5.74) is -0.189. The van der Waals surface area contributed by atoms with Crippen molar-refractivity contribution < 1.29 is 39.5 Å². The number of aliphatic hydroxyl groups excluding tert-OH is 4. The van der Waals surface area contributed by atoms with Gasteiger partial charge in [0.05, 0.1) is 18.3 Å². The molecule has 0 amide bonds. The van der Waals surface area contributed by atoms with Crippen LogP contribution in [0.25, 0.3) is 0 Å². The summed E-state index contributed by atoms with van der Waals surface area (Å²) in [5.74, 6) is -1.37. The second-order valence-electron chi connectivity index (χ2n) is 10.4. The third kappa shape index (κ3) is 4.14. The predicted octanol–water partition coefficient (Wildman–Crippen LogP) is 1.40. The van der Waals surface area contributed by atoms with E-state index >= 15 is 0 Å². The fraction of sp³-hybridized carbons (Fsp3) is 0.750. The molecule has 180 valence electrons. The molecule has 3 aliphatic rings. The molecule has 0 aromatic heterocycles. The number of carbonyl (C=O) groups is 2. The van der Waals surface area contributed by atoms with E-state index in [1.54, 1.807) is 19.9 Å². The highest BCUT2D eigenvalue weighted by Crippen LogP contribution is 2.53. The average molecular weight is 453 g/mol. The molecular formula is C24H36O8. The maximum Gasteiger partial charge on any atom is 0.303 e. The van der Waals surface area contributed by atoms with Crippen LogP contribution in [0.3, 0.4) is 0 Å². The number of fused-ring (bicyclic) bond motifs is 4. The first kappa shape index (κ1) is 24.9. The fourth-order valence-electron chi connectivity index (χ4n) is 6.01. The summed E-state index contributed by atoms with van der Waals surface area (Å²) >= 11 is 0. The van der Waals surface area contributed by atoms with Crippen molar-refractivity contribution in [3.05, 3.63) is 22.8 Å². The zero-order chi connectivity index (χ0) is 24.2. The standard InChI is InChI=1S/C24H36O8/c1-11-17(31-12(2)25)8-15-18(32-13(3)26)7-14-10-24(6,19(28)9-16(14)27)22(30)21(29)20(11)23(15,4)5/h7,15-19,21-22,27-30H,8-10H2,1-6H3/b14-7+/t15-,16-,17-,18-,19-,21+,22+,24-/m0/s1. The van der Waals surface area contributed by atoms with Gasteiger partial charge in [0.15, 0.2) is 0 Å². The molecule has 1 fully saturated rings. The Kier molecular flexibility index (Phi) is 6.66. The molecule has 8 heteroatoms. The van der Waals surface area contributed by atoms with Crippen molar-refractivity contribution in [1.29, 1.82) is 0 Å². The average Bonchev–Trinajstić information content (AvgIpc) is 2.65. The van der Waals surface area contributed by atoms with Crippen molar-refractivity contribution in [3.8, 4) is 0 Å². The molecule has 8 nitrogen and oxygen atoms in total. The van der Waals surface area contributed by atoms with Gasteiger partial charge >= 0.3 is 11.9 Å². The molecule has 0 aromatic carbocycles. The van der Waals surface area contributed by atoms with E-state index in [-0.39, 0.29) is 12.8 Å². The summed E-state index contributed by atoms with van der Waals surface area (Å²) in [7, 11) is 0. The lowest BCUT2D eigenvalue weighted by Gasteiger charge is -2.53. The number of aliphatic hydroxyl groups is 4. The molecule has 0 unspecified atom stereocenters. The van der Waals surface area contributed by atoms with Crippen LogP contribution in [-0.2, 0) is 19.1 Å². The predicted molar refractivity (Wildman–Crippen MR) is 115 cm³/mol. The number of ether oxygens (including phenoxy) is 2. The lowest BCUT2D eigenvalue weighted by molar-refractivity contribution is -0.157. The molecule has 0 heterocycles. The minimum absolute atomic E-state index is 0.00106. The second-order valence-corrected chi connectivity index (χ2v) is 10.4. The molecule has 1 saturated carbocycles. The van der Waals surface area contributed by atoms with Crippen LogP contribution in [-0.4, -0.2) is 69.0 Å². The monoisotopic (exact) mass is 452 g/mol. The lowest BCUT2D eigenvalue weighted by atomic mass is 9.56. The quantitative estimate of drug-likeness (QED) is 0.365. The normalized spacial score (nSPS) is 43.1. The Morgan fingerprint density at radius 3 is 2.16 bits per heavy atom. The summed E-state index contributed by atoms with van der Waals surface area (Å²) in [4.78, 5) is 23.8. The van der Waals surface area contributed by atoms with Crippen LogP contribution in [0.5, 0.6) is 0 Å². The number of rotatable bonds is 2. The van der Waals surface area contributed by atoms with Gasteiger partial charge in [-0.3, -0.25) is 9.59 Å². The van der Waals surface area contributed by atoms with Crippen LogP contribution in [0.15, 0.2) is 22.8 Å². The van der Waals surface area contributed by atoms with E-state index < -0.39 is 65.3 Å². The van der Waals surface area contributed by atoms with Gasteiger partial charge in [-0.1, -0.05) is 20.8 Å².